The molecule has 0 atom stereocenters. The molecule has 0 spiro atoms. The van der Waals surface area contributed by atoms with E-state index < -0.39 is 0 Å². The van der Waals surface area contributed by atoms with Crippen molar-refractivity contribution in [2.75, 3.05) is 12.4 Å². The van der Waals surface area contributed by atoms with Crippen LogP contribution in [0.5, 0.6) is 0 Å². The molecule has 2 N–H and O–H groups in total. The van der Waals surface area contributed by atoms with Crippen molar-refractivity contribution in [1.82, 2.24) is 10.3 Å². The number of amides is 2. The number of rotatable bonds is 2. The van der Waals surface area contributed by atoms with Gasteiger partial charge in [0.1, 0.15) is 5.82 Å². The summed E-state index contributed by atoms with van der Waals surface area (Å²) in [5.74, 6) is 0.489. The van der Waals surface area contributed by atoms with Crippen molar-refractivity contribution in [2.45, 2.75) is 19.3 Å². The Hall–Kier alpha value is -2.17. The summed E-state index contributed by atoms with van der Waals surface area (Å²) in [6.07, 6.45) is 6.98. The zero-order valence-electron chi connectivity index (χ0n) is 10.2. The molecule has 18 heavy (non-hydrogen) atoms. The second-order valence-corrected chi connectivity index (χ2v) is 4.13. The number of hydrogen-bond donors (Lipinski definition) is 2. The van der Waals surface area contributed by atoms with Gasteiger partial charge in [-0.05, 0) is 36.1 Å². The van der Waals surface area contributed by atoms with Gasteiger partial charge in [-0.15, -0.1) is 0 Å². The van der Waals surface area contributed by atoms with Crippen LogP contribution in [0.25, 0.3) is 6.08 Å². The fourth-order valence-corrected chi connectivity index (χ4v) is 1.81. The molecule has 0 aromatic carbocycles. The predicted molar refractivity (Wildman–Crippen MR) is 68.9 cm³/mol. The summed E-state index contributed by atoms with van der Waals surface area (Å²) in [6.45, 7) is 0. The van der Waals surface area contributed by atoms with Gasteiger partial charge >= 0.3 is 0 Å². The molecule has 0 bridgehead atoms. The van der Waals surface area contributed by atoms with Gasteiger partial charge in [-0.1, -0.05) is 0 Å². The number of carbonyl (C=O) groups excluding carboxylic acids is 2. The third-order valence-electron chi connectivity index (χ3n) is 2.77. The van der Waals surface area contributed by atoms with Gasteiger partial charge in [-0.2, -0.15) is 0 Å². The highest BCUT2D eigenvalue weighted by molar-refractivity contribution is 5.92. The van der Waals surface area contributed by atoms with E-state index in [2.05, 4.69) is 15.6 Å². The second-order valence-electron chi connectivity index (χ2n) is 4.13. The highest BCUT2D eigenvalue weighted by Gasteiger charge is 2.13. The number of nitrogens with zero attached hydrogens (tertiary/aromatic N) is 1. The number of likely N-dealkylation sites (N-methyl/N-ethyl adjacent to an activating group) is 1. The van der Waals surface area contributed by atoms with Gasteiger partial charge in [0.15, 0.2) is 0 Å². The lowest BCUT2D eigenvalue weighted by molar-refractivity contribution is -0.116. The number of nitrogens with one attached hydrogen (secondary N) is 2. The molecule has 5 nitrogen and oxygen atoms in total. The molecule has 94 valence electrons. The van der Waals surface area contributed by atoms with Crippen LogP contribution in [0.15, 0.2) is 18.3 Å². The molecule has 1 aromatic rings. The third-order valence-corrected chi connectivity index (χ3v) is 2.77. The number of hydrogen-bond acceptors (Lipinski definition) is 3. The lowest BCUT2D eigenvalue weighted by Crippen LogP contribution is -2.13. The lowest BCUT2D eigenvalue weighted by Gasteiger charge is -2.05. The number of aromatic nitrogens is 1. The van der Waals surface area contributed by atoms with Gasteiger partial charge in [-0.3, -0.25) is 9.59 Å². The minimum absolute atomic E-state index is 0.00917. The highest BCUT2D eigenvalue weighted by atomic mass is 16.2. The SMILES string of the molecule is CNC(=O)/C=C/c1cnc2c(c1)CCCC(=O)N2. The van der Waals surface area contributed by atoms with E-state index in [1.807, 2.05) is 6.07 Å². The summed E-state index contributed by atoms with van der Waals surface area (Å²) in [4.78, 5) is 26.7. The molecule has 1 aromatic heterocycles. The molecule has 0 fully saturated rings. The van der Waals surface area contributed by atoms with Crippen LogP contribution in [-0.4, -0.2) is 23.8 Å². The van der Waals surface area contributed by atoms with Crippen molar-refractivity contribution in [3.63, 3.8) is 0 Å². The van der Waals surface area contributed by atoms with Gasteiger partial charge in [-0.25, -0.2) is 4.98 Å². The fourth-order valence-electron chi connectivity index (χ4n) is 1.81. The number of anilines is 1. The Morgan fingerprint density at radius 1 is 1.50 bits per heavy atom. The van der Waals surface area contributed by atoms with Crippen LogP contribution < -0.4 is 10.6 Å². The smallest absolute Gasteiger partial charge is 0.243 e. The Labute approximate surface area is 105 Å². The first-order chi connectivity index (χ1) is 8.69. The molecule has 2 heterocycles. The molecule has 0 saturated carbocycles. The van der Waals surface area contributed by atoms with E-state index in [1.165, 1.54) is 6.08 Å². The molecule has 2 amide bonds. The second kappa shape index (κ2) is 5.44. The van der Waals surface area contributed by atoms with Crippen molar-refractivity contribution in [1.29, 1.82) is 0 Å². The summed E-state index contributed by atoms with van der Waals surface area (Å²) >= 11 is 0. The minimum Gasteiger partial charge on any atom is -0.356 e. The summed E-state index contributed by atoms with van der Waals surface area (Å²) in [6, 6.07) is 1.95. The topological polar surface area (TPSA) is 71.1 Å². The van der Waals surface area contributed by atoms with Crippen LogP contribution >= 0.6 is 0 Å². The fraction of sp³-hybridized carbons (Fsp3) is 0.308. The van der Waals surface area contributed by atoms with Gasteiger partial charge < -0.3 is 10.6 Å². The van der Waals surface area contributed by atoms with Crippen molar-refractivity contribution in [3.05, 3.63) is 29.5 Å². The zero-order chi connectivity index (χ0) is 13.0. The van der Waals surface area contributed by atoms with E-state index in [1.54, 1.807) is 19.3 Å². The number of aryl methyl sites for hydroxylation is 1. The summed E-state index contributed by atoms with van der Waals surface area (Å²) in [7, 11) is 1.58. The van der Waals surface area contributed by atoms with Gasteiger partial charge in [0, 0.05) is 25.7 Å². The lowest BCUT2D eigenvalue weighted by atomic mass is 10.1. The Morgan fingerprint density at radius 3 is 3.11 bits per heavy atom. The van der Waals surface area contributed by atoms with Gasteiger partial charge in [0.2, 0.25) is 11.8 Å². The van der Waals surface area contributed by atoms with Crippen molar-refractivity contribution in [2.24, 2.45) is 0 Å². The number of carbonyl (C=O) groups is 2. The maximum Gasteiger partial charge on any atom is 0.243 e. The molecule has 0 unspecified atom stereocenters. The van der Waals surface area contributed by atoms with E-state index in [0.29, 0.717) is 12.2 Å². The van der Waals surface area contributed by atoms with Crippen LogP contribution in [0, 0.1) is 0 Å². The first-order valence-corrected chi connectivity index (χ1v) is 5.87. The average Bonchev–Trinajstić information content (AvgIpc) is 2.56. The van der Waals surface area contributed by atoms with E-state index >= 15 is 0 Å². The Kier molecular flexibility index (Phi) is 3.72. The Balaban J connectivity index is 2.21. The monoisotopic (exact) mass is 245 g/mol. The molecule has 2 rings (SSSR count). The van der Waals surface area contributed by atoms with Crippen LogP contribution in [0.1, 0.15) is 24.0 Å². The van der Waals surface area contributed by atoms with E-state index in [-0.39, 0.29) is 11.8 Å². The van der Waals surface area contributed by atoms with Crippen molar-refractivity contribution >= 4 is 23.7 Å². The Bertz CT molecular complexity index is 509. The average molecular weight is 245 g/mol. The van der Waals surface area contributed by atoms with E-state index in [0.717, 1.165) is 24.0 Å². The van der Waals surface area contributed by atoms with Crippen molar-refractivity contribution in [3.8, 4) is 0 Å². The maximum absolute atomic E-state index is 11.4. The number of fused-ring (bicyclic) bond motifs is 1. The summed E-state index contributed by atoms with van der Waals surface area (Å²) in [5.41, 5.74) is 1.87. The van der Waals surface area contributed by atoms with Gasteiger partial charge in [0.25, 0.3) is 0 Å². The quantitative estimate of drug-likeness (QED) is 0.767. The first kappa shape index (κ1) is 12.3. The van der Waals surface area contributed by atoms with Gasteiger partial charge in [0.05, 0.1) is 0 Å². The van der Waals surface area contributed by atoms with Crippen molar-refractivity contribution < 1.29 is 9.59 Å². The van der Waals surface area contributed by atoms with Crippen LogP contribution in [0.2, 0.25) is 0 Å². The standard InChI is InChI=1S/C13H15N3O2/c1-14-11(17)6-5-9-7-10-3-2-4-12(18)16-13(10)15-8-9/h5-8H,2-4H2,1H3,(H,14,17)(H,15,16,18)/b6-5+. The van der Waals surface area contributed by atoms with Crippen LogP contribution in [0.4, 0.5) is 5.82 Å². The molecule has 0 aliphatic carbocycles. The van der Waals surface area contributed by atoms with Crippen LogP contribution in [-0.2, 0) is 16.0 Å². The molecule has 5 heteroatoms. The predicted octanol–water partition coefficient (Wildman–Crippen LogP) is 1.12. The van der Waals surface area contributed by atoms with E-state index in [9.17, 15) is 9.59 Å². The molecular weight excluding hydrogens is 230 g/mol. The van der Waals surface area contributed by atoms with E-state index in [4.69, 9.17) is 0 Å². The first-order valence-electron chi connectivity index (χ1n) is 5.87. The third kappa shape index (κ3) is 2.94. The molecular formula is C13H15N3O2. The zero-order valence-corrected chi connectivity index (χ0v) is 10.2. The molecule has 0 radical (unpaired) electrons. The molecule has 1 aliphatic heterocycles. The molecule has 1 aliphatic rings. The molecule has 0 saturated heterocycles. The summed E-state index contributed by atoms with van der Waals surface area (Å²) in [5, 5.41) is 5.28. The Morgan fingerprint density at radius 2 is 2.33 bits per heavy atom. The normalized spacial score (nSPS) is 14.8. The maximum atomic E-state index is 11.4. The highest BCUT2D eigenvalue weighted by Crippen LogP contribution is 2.21. The van der Waals surface area contributed by atoms with Crippen LogP contribution in [0.3, 0.4) is 0 Å². The summed E-state index contributed by atoms with van der Waals surface area (Å²) < 4.78 is 0. The number of pyridine rings is 1. The largest absolute Gasteiger partial charge is 0.356 e. The minimum atomic E-state index is -0.154.